The lowest BCUT2D eigenvalue weighted by atomic mass is 10.2. The average molecular weight is 658 g/mol. The van der Waals surface area contributed by atoms with Gasteiger partial charge in [0.25, 0.3) is 15.9 Å². The van der Waals surface area contributed by atoms with Crippen LogP contribution in [0, 0.1) is 7.14 Å². The lowest BCUT2D eigenvalue weighted by molar-refractivity contribution is 0.0774. The standard InChI is InChI=1S/C22H16I2N2O4S/c23-13-5-7-19-17(9-13)18-10-14(24)6-8-20(18)25(19)11-15(27)12-26-22(28)16-3-1-2-4-21(16)31(26,29)30/h1-10,15,27H,11-12H2/t15-/m1/s1. The summed E-state index contributed by atoms with van der Waals surface area (Å²) in [6, 6.07) is 18.3. The van der Waals surface area contributed by atoms with Crippen molar-refractivity contribution in [2.24, 2.45) is 0 Å². The molecule has 5 rings (SSSR count). The number of hydrogen-bond acceptors (Lipinski definition) is 4. The first-order chi connectivity index (χ1) is 14.8. The third-order valence-electron chi connectivity index (χ3n) is 5.47. The summed E-state index contributed by atoms with van der Waals surface area (Å²) in [5.74, 6) is -0.596. The molecule has 2 heterocycles. The number of amides is 1. The van der Waals surface area contributed by atoms with Gasteiger partial charge < -0.3 is 9.67 Å². The number of sulfonamides is 1. The number of aliphatic hydroxyl groups is 1. The zero-order valence-electron chi connectivity index (χ0n) is 16.0. The minimum absolute atomic E-state index is 0.00628. The highest BCUT2D eigenvalue weighted by Crippen LogP contribution is 2.33. The topological polar surface area (TPSA) is 79.6 Å². The minimum atomic E-state index is -3.95. The number of rotatable bonds is 4. The summed E-state index contributed by atoms with van der Waals surface area (Å²) in [6.45, 7) is -0.136. The van der Waals surface area contributed by atoms with E-state index in [-0.39, 0.29) is 23.5 Å². The number of carbonyl (C=O) groups excluding carboxylic acids is 1. The van der Waals surface area contributed by atoms with Crippen molar-refractivity contribution in [1.29, 1.82) is 0 Å². The smallest absolute Gasteiger partial charge is 0.269 e. The van der Waals surface area contributed by atoms with Gasteiger partial charge in [0.05, 0.1) is 24.8 Å². The third kappa shape index (κ3) is 3.45. The number of aliphatic hydroxyl groups excluding tert-OH is 1. The molecule has 0 aliphatic carbocycles. The van der Waals surface area contributed by atoms with Crippen LogP contribution >= 0.6 is 45.2 Å². The van der Waals surface area contributed by atoms with Crippen LogP contribution in [0.2, 0.25) is 0 Å². The van der Waals surface area contributed by atoms with Gasteiger partial charge in [-0.3, -0.25) is 4.79 Å². The van der Waals surface area contributed by atoms with E-state index in [0.29, 0.717) is 0 Å². The van der Waals surface area contributed by atoms with Crippen LogP contribution in [0.25, 0.3) is 21.8 Å². The van der Waals surface area contributed by atoms with E-state index in [4.69, 9.17) is 0 Å². The van der Waals surface area contributed by atoms with Crippen LogP contribution in [0.3, 0.4) is 0 Å². The molecule has 1 aliphatic heterocycles. The monoisotopic (exact) mass is 658 g/mol. The Morgan fingerprint density at radius 3 is 2.03 bits per heavy atom. The zero-order valence-corrected chi connectivity index (χ0v) is 21.1. The van der Waals surface area contributed by atoms with Gasteiger partial charge in [-0.05, 0) is 93.7 Å². The second-order valence-corrected chi connectivity index (χ2v) is 11.7. The Hall–Kier alpha value is -1.70. The highest BCUT2D eigenvalue weighted by molar-refractivity contribution is 14.1. The number of benzene rings is 3. The summed E-state index contributed by atoms with van der Waals surface area (Å²) in [5, 5.41) is 13.0. The van der Waals surface area contributed by atoms with Gasteiger partial charge in [0, 0.05) is 28.9 Å². The molecule has 0 spiro atoms. The van der Waals surface area contributed by atoms with Crippen molar-refractivity contribution >= 4 is 82.9 Å². The van der Waals surface area contributed by atoms with Crippen molar-refractivity contribution in [3.63, 3.8) is 0 Å². The number of fused-ring (bicyclic) bond motifs is 4. The molecule has 1 N–H and O–H groups in total. The van der Waals surface area contributed by atoms with Crippen LogP contribution in [0.15, 0.2) is 65.6 Å². The quantitative estimate of drug-likeness (QED) is 0.334. The van der Waals surface area contributed by atoms with Crippen LogP contribution in [-0.4, -0.2) is 41.0 Å². The van der Waals surface area contributed by atoms with E-state index in [9.17, 15) is 18.3 Å². The predicted octanol–water partition coefficient (Wildman–Crippen LogP) is 4.21. The van der Waals surface area contributed by atoms with Crippen LogP contribution in [0.4, 0.5) is 0 Å². The molecule has 0 bridgehead atoms. The zero-order chi connectivity index (χ0) is 21.9. The van der Waals surface area contributed by atoms with Gasteiger partial charge in [0.2, 0.25) is 0 Å². The molecule has 0 unspecified atom stereocenters. The molecule has 9 heteroatoms. The number of hydrogen-bond donors (Lipinski definition) is 1. The normalized spacial score (nSPS) is 16.2. The van der Waals surface area contributed by atoms with Crippen molar-refractivity contribution in [2.75, 3.05) is 6.54 Å². The summed E-state index contributed by atoms with van der Waals surface area (Å²) in [5.41, 5.74) is 2.06. The summed E-state index contributed by atoms with van der Waals surface area (Å²) in [4.78, 5) is 12.7. The van der Waals surface area contributed by atoms with E-state index in [0.717, 1.165) is 33.3 Å². The molecule has 31 heavy (non-hydrogen) atoms. The van der Waals surface area contributed by atoms with Gasteiger partial charge in [-0.15, -0.1) is 0 Å². The van der Waals surface area contributed by atoms with Gasteiger partial charge in [0.15, 0.2) is 0 Å². The lowest BCUT2D eigenvalue weighted by Gasteiger charge is -2.20. The Morgan fingerprint density at radius 2 is 1.45 bits per heavy atom. The minimum Gasteiger partial charge on any atom is -0.389 e. The number of β-amino-alcohol motifs (C(OH)–C–C–N with tert-alkyl or cyclic N) is 1. The van der Waals surface area contributed by atoms with E-state index in [1.165, 1.54) is 12.1 Å². The van der Waals surface area contributed by atoms with Gasteiger partial charge >= 0.3 is 0 Å². The molecule has 1 aliphatic rings. The average Bonchev–Trinajstić information content (AvgIpc) is 3.12. The maximum atomic E-state index is 12.8. The van der Waals surface area contributed by atoms with Crippen LogP contribution < -0.4 is 0 Å². The van der Waals surface area contributed by atoms with Crippen LogP contribution in [0.5, 0.6) is 0 Å². The lowest BCUT2D eigenvalue weighted by Crippen LogP contribution is -2.38. The SMILES string of the molecule is O=C1c2ccccc2S(=O)(=O)N1C[C@H](O)Cn1c2ccc(I)cc2c2cc(I)ccc21. The van der Waals surface area contributed by atoms with E-state index in [1.54, 1.807) is 12.1 Å². The molecular weight excluding hydrogens is 642 g/mol. The molecule has 158 valence electrons. The van der Waals surface area contributed by atoms with Crippen molar-refractivity contribution in [3.8, 4) is 0 Å². The molecule has 6 nitrogen and oxygen atoms in total. The van der Waals surface area contributed by atoms with Crippen molar-refractivity contribution in [1.82, 2.24) is 8.87 Å². The Kier molecular flexibility index (Phi) is 5.26. The van der Waals surface area contributed by atoms with Gasteiger partial charge in [-0.25, -0.2) is 12.7 Å². The fourth-order valence-electron chi connectivity index (χ4n) is 4.12. The predicted molar refractivity (Wildman–Crippen MR) is 136 cm³/mol. The first kappa shape index (κ1) is 21.2. The highest BCUT2D eigenvalue weighted by atomic mass is 127. The molecule has 3 aromatic carbocycles. The Bertz CT molecular complexity index is 1420. The number of carbonyl (C=O) groups is 1. The van der Waals surface area contributed by atoms with Crippen LogP contribution in [0.1, 0.15) is 10.4 Å². The fraction of sp³-hybridized carbons (Fsp3) is 0.136. The van der Waals surface area contributed by atoms with Crippen molar-refractivity contribution < 1.29 is 18.3 Å². The summed E-state index contributed by atoms with van der Waals surface area (Å²) >= 11 is 4.54. The first-order valence-corrected chi connectivity index (χ1v) is 13.1. The Morgan fingerprint density at radius 1 is 0.871 bits per heavy atom. The Balaban J connectivity index is 1.52. The largest absolute Gasteiger partial charge is 0.389 e. The molecule has 0 saturated carbocycles. The molecule has 1 amide bonds. The second kappa shape index (κ2) is 7.71. The highest BCUT2D eigenvalue weighted by Gasteiger charge is 2.41. The van der Waals surface area contributed by atoms with Crippen molar-refractivity contribution in [2.45, 2.75) is 17.5 Å². The van der Waals surface area contributed by atoms with E-state index in [2.05, 4.69) is 57.3 Å². The van der Waals surface area contributed by atoms with Crippen molar-refractivity contribution in [3.05, 3.63) is 73.4 Å². The number of nitrogens with zero attached hydrogens (tertiary/aromatic N) is 2. The number of halogens is 2. The van der Waals surface area contributed by atoms with Gasteiger partial charge in [-0.1, -0.05) is 12.1 Å². The molecule has 1 aromatic heterocycles. The van der Waals surface area contributed by atoms with Crippen LogP contribution in [-0.2, 0) is 16.6 Å². The fourth-order valence-corrected chi connectivity index (χ4v) is 6.71. The van der Waals surface area contributed by atoms with Gasteiger partial charge in [-0.2, -0.15) is 0 Å². The number of aromatic nitrogens is 1. The Labute approximate surface area is 206 Å². The summed E-state index contributed by atoms with van der Waals surface area (Å²) in [6.07, 6.45) is -1.06. The molecular formula is C22H16I2N2O4S. The second-order valence-electron chi connectivity index (χ2n) is 7.42. The maximum absolute atomic E-state index is 12.8. The molecule has 4 aromatic rings. The molecule has 1 atom stereocenters. The van der Waals surface area contributed by atoms with E-state index >= 15 is 0 Å². The molecule has 0 radical (unpaired) electrons. The van der Waals surface area contributed by atoms with E-state index in [1.807, 2.05) is 28.8 Å². The summed E-state index contributed by atoms with van der Waals surface area (Å²) < 4.78 is 30.6. The first-order valence-electron chi connectivity index (χ1n) is 9.48. The molecule has 0 saturated heterocycles. The van der Waals surface area contributed by atoms with Gasteiger partial charge in [0.1, 0.15) is 4.90 Å². The van der Waals surface area contributed by atoms with E-state index < -0.39 is 22.0 Å². The maximum Gasteiger partial charge on any atom is 0.269 e. The summed E-state index contributed by atoms with van der Waals surface area (Å²) in [7, 11) is -3.95. The third-order valence-corrected chi connectivity index (χ3v) is 8.62. The molecule has 0 fully saturated rings.